The summed E-state index contributed by atoms with van der Waals surface area (Å²) in [6, 6.07) is 14.4. The van der Waals surface area contributed by atoms with Gasteiger partial charge in [0, 0.05) is 25.3 Å². The highest BCUT2D eigenvalue weighted by atomic mass is 16.5. The molecule has 0 aromatic heterocycles. The van der Waals surface area contributed by atoms with E-state index in [0.717, 1.165) is 5.56 Å². The van der Waals surface area contributed by atoms with Gasteiger partial charge in [-0.05, 0) is 24.5 Å². The molecule has 0 unspecified atom stereocenters. The number of phenolic OH excluding ortho intramolecular Hbond substituents is 2. The van der Waals surface area contributed by atoms with Crippen LogP contribution in [0.2, 0.25) is 0 Å². The Morgan fingerprint density at radius 2 is 1.75 bits per heavy atom. The van der Waals surface area contributed by atoms with Crippen LogP contribution >= 0.6 is 0 Å². The van der Waals surface area contributed by atoms with Crippen LogP contribution in [0.3, 0.4) is 0 Å². The Hall–Kier alpha value is -2.53. The zero-order chi connectivity index (χ0) is 17.0. The smallest absolute Gasteiger partial charge is 0.231 e. The predicted octanol–water partition coefficient (Wildman–Crippen LogP) is 2.46. The Labute approximate surface area is 140 Å². The van der Waals surface area contributed by atoms with Crippen molar-refractivity contribution in [2.45, 2.75) is 24.8 Å². The SMILES string of the molecule is O=C(NCc1cccc(O)c1O)C1(c2ccccc2)CCOCC1. The van der Waals surface area contributed by atoms with Crippen LogP contribution in [0, 0.1) is 0 Å². The zero-order valence-corrected chi connectivity index (χ0v) is 13.4. The van der Waals surface area contributed by atoms with Gasteiger partial charge in [-0.25, -0.2) is 0 Å². The van der Waals surface area contributed by atoms with Gasteiger partial charge in [0.2, 0.25) is 5.91 Å². The van der Waals surface area contributed by atoms with Crippen molar-refractivity contribution in [2.75, 3.05) is 13.2 Å². The minimum Gasteiger partial charge on any atom is -0.504 e. The van der Waals surface area contributed by atoms with Gasteiger partial charge >= 0.3 is 0 Å². The third-order valence-corrected chi connectivity index (χ3v) is 4.65. The summed E-state index contributed by atoms with van der Waals surface area (Å²) in [6.07, 6.45) is 1.24. The van der Waals surface area contributed by atoms with Crippen LogP contribution in [0.1, 0.15) is 24.0 Å². The van der Waals surface area contributed by atoms with E-state index in [4.69, 9.17) is 4.74 Å². The number of carbonyl (C=O) groups excluding carboxylic acids is 1. The molecule has 1 saturated heterocycles. The highest BCUT2D eigenvalue weighted by Gasteiger charge is 2.41. The molecule has 1 aliphatic rings. The molecule has 24 heavy (non-hydrogen) atoms. The van der Waals surface area contributed by atoms with E-state index >= 15 is 0 Å². The van der Waals surface area contributed by atoms with Crippen molar-refractivity contribution in [1.82, 2.24) is 5.32 Å². The molecule has 2 aromatic rings. The molecule has 0 saturated carbocycles. The van der Waals surface area contributed by atoms with Crippen LogP contribution in [0.4, 0.5) is 0 Å². The normalized spacial score (nSPS) is 16.5. The molecule has 1 fully saturated rings. The van der Waals surface area contributed by atoms with Crippen LogP contribution in [-0.2, 0) is 21.5 Å². The molecule has 5 nitrogen and oxygen atoms in total. The second-order valence-electron chi connectivity index (χ2n) is 6.03. The van der Waals surface area contributed by atoms with Crippen molar-refractivity contribution in [2.24, 2.45) is 0 Å². The van der Waals surface area contributed by atoms with Gasteiger partial charge in [0.05, 0.1) is 5.41 Å². The average molecular weight is 327 g/mol. The number of carbonyl (C=O) groups is 1. The van der Waals surface area contributed by atoms with Crippen LogP contribution in [-0.4, -0.2) is 29.3 Å². The van der Waals surface area contributed by atoms with E-state index in [0.29, 0.717) is 31.6 Å². The number of nitrogens with one attached hydrogen (secondary N) is 1. The van der Waals surface area contributed by atoms with Gasteiger partial charge in [-0.2, -0.15) is 0 Å². The Bertz CT molecular complexity index is 709. The molecule has 1 heterocycles. The molecule has 0 radical (unpaired) electrons. The van der Waals surface area contributed by atoms with E-state index in [1.54, 1.807) is 12.1 Å². The van der Waals surface area contributed by atoms with Gasteiger partial charge < -0.3 is 20.3 Å². The number of phenols is 2. The number of amides is 1. The van der Waals surface area contributed by atoms with Crippen LogP contribution in [0.15, 0.2) is 48.5 Å². The van der Waals surface area contributed by atoms with Gasteiger partial charge in [0.25, 0.3) is 0 Å². The summed E-state index contributed by atoms with van der Waals surface area (Å²) in [5, 5.41) is 22.4. The molecule has 1 aliphatic heterocycles. The molecular formula is C19H21NO4. The molecule has 126 valence electrons. The first kappa shape index (κ1) is 16.3. The Kier molecular flexibility index (Phi) is 4.71. The summed E-state index contributed by atoms with van der Waals surface area (Å²) >= 11 is 0. The summed E-state index contributed by atoms with van der Waals surface area (Å²) in [7, 11) is 0. The monoisotopic (exact) mass is 327 g/mol. The number of ether oxygens (including phenoxy) is 1. The van der Waals surface area contributed by atoms with Gasteiger partial charge in [-0.15, -0.1) is 0 Å². The summed E-state index contributed by atoms with van der Waals surface area (Å²) in [4.78, 5) is 13.0. The first-order chi connectivity index (χ1) is 11.6. The van der Waals surface area contributed by atoms with E-state index in [-0.39, 0.29) is 24.0 Å². The molecule has 1 amide bonds. The molecule has 5 heteroatoms. The fraction of sp³-hybridized carbons (Fsp3) is 0.316. The van der Waals surface area contributed by atoms with Crippen LogP contribution in [0.25, 0.3) is 0 Å². The number of hydrogen-bond donors (Lipinski definition) is 3. The van der Waals surface area contributed by atoms with Crippen molar-refractivity contribution in [1.29, 1.82) is 0 Å². The minimum atomic E-state index is -0.619. The lowest BCUT2D eigenvalue weighted by atomic mass is 9.73. The first-order valence-electron chi connectivity index (χ1n) is 8.05. The van der Waals surface area contributed by atoms with Gasteiger partial charge in [-0.1, -0.05) is 42.5 Å². The quantitative estimate of drug-likeness (QED) is 0.754. The molecule has 0 aliphatic carbocycles. The van der Waals surface area contributed by atoms with E-state index in [1.165, 1.54) is 6.07 Å². The number of para-hydroxylation sites is 1. The minimum absolute atomic E-state index is 0.0836. The Balaban J connectivity index is 1.81. The topological polar surface area (TPSA) is 78.8 Å². The van der Waals surface area contributed by atoms with Gasteiger partial charge in [0.1, 0.15) is 0 Å². The maximum Gasteiger partial charge on any atom is 0.231 e. The van der Waals surface area contributed by atoms with Gasteiger partial charge in [0.15, 0.2) is 11.5 Å². The second-order valence-corrected chi connectivity index (χ2v) is 6.03. The Morgan fingerprint density at radius 1 is 1.04 bits per heavy atom. The maximum absolute atomic E-state index is 13.0. The lowest BCUT2D eigenvalue weighted by molar-refractivity contribution is -0.130. The number of benzene rings is 2. The summed E-state index contributed by atoms with van der Waals surface area (Å²) in [5.74, 6) is -0.469. The zero-order valence-electron chi connectivity index (χ0n) is 13.4. The fourth-order valence-electron chi connectivity index (χ4n) is 3.19. The maximum atomic E-state index is 13.0. The molecule has 0 spiro atoms. The number of rotatable bonds is 4. The number of hydrogen-bond acceptors (Lipinski definition) is 4. The largest absolute Gasteiger partial charge is 0.504 e. The van der Waals surface area contributed by atoms with Crippen molar-refractivity contribution >= 4 is 5.91 Å². The van der Waals surface area contributed by atoms with E-state index in [2.05, 4.69) is 5.32 Å². The van der Waals surface area contributed by atoms with Crippen molar-refractivity contribution < 1.29 is 19.7 Å². The molecule has 2 aromatic carbocycles. The molecule has 3 rings (SSSR count). The van der Waals surface area contributed by atoms with E-state index < -0.39 is 5.41 Å². The standard InChI is InChI=1S/C19H21NO4/c21-16-8-4-5-14(17(16)22)13-20-18(23)19(9-11-24-12-10-19)15-6-2-1-3-7-15/h1-8,21-22H,9-13H2,(H,20,23). The molecule has 3 N–H and O–H groups in total. The van der Waals surface area contributed by atoms with E-state index in [9.17, 15) is 15.0 Å². The summed E-state index contributed by atoms with van der Waals surface area (Å²) in [6.45, 7) is 1.24. The molecule has 0 bridgehead atoms. The second kappa shape index (κ2) is 6.93. The highest BCUT2D eigenvalue weighted by molar-refractivity contribution is 5.88. The van der Waals surface area contributed by atoms with E-state index in [1.807, 2.05) is 30.3 Å². The first-order valence-corrected chi connectivity index (χ1v) is 8.05. The third-order valence-electron chi connectivity index (χ3n) is 4.65. The number of aromatic hydroxyl groups is 2. The Morgan fingerprint density at radius 3 is 2.46 bits per heavy atom. The van der Waals surface area contributed by atoms with Crippen molar-refractivity contribution in [3.05, 3.63) is 59.7 Å². The lowest BCUT2D eigenvalue weighted by Crippen LogP contribution is -2.47. The fourth-order valence-corrected chi connectivity index (χ4v) is 3.19. The lowest BCUT2D eigenvalue weighted by Gasteiger charge is -2.36. The average Bonchev–Trinajstić information content (AvgIpc) is 2.64. The van der Waals surface area contributed by atoms with Crippen molar-refractivity contribution in [3.8, 4) is 11.5 Å². The molecule has 0 atom stereocenters. The highest BCUT2D eigenvalue weighted by Crippen LogP contribution is 2.35. The third kappa shape index (κ3) is 3.08. The van der Waals surface area contributed by atoms with Crippen LogP contribution in [0.5, 0.6) is 11.5 Å². The summed E-state index contributed by atoms with van der Waals surface area (Å²) < 4.78 is 5.44. The van der Waals surface area contributed by atoms with Crippen molar-refractivity contribution in [3.63, 3.8) is 0 Å². The van der Waals surface area contributed by atoms with Gasteiger partial charge in [-0.3, -0.25) is 4.79 Å². The molecular weight excluding hydrogens is 306 g/mol. The predicted molar refractivity (Wildman–Crippen MR) is 89.8 cm³/mol. The van der Waals surface area contributed by atoms with Crippen LogP contribution < -0.4 is 5.32 Å². The summed E-state index contributed by atoms with van der Waals surface area (Å²) in [5.41, 5.74) is 0.843.